The molecule has 0 aliphatic heterocycles. The molecule has 0 heterocycles. The normalized spacial score (nSPS) is 12.6. The van der Waals surface area contributed by atoms with E-state index in [4.69, 9.17) is 0 Å². The molecule has 2 rings (SSSR count). The standard InChI is InChI=1S/C22H27N/c1-22(2,3)23(4)18-12-11-17-21(19-13-7-5-8-14-19)20-15-9-6-10-16-20/h5-10,13-16,21H,17-18H2,1-4H3/p+1. The van der Waals surface area contributed by atoms with Crippen molar-refractivity contribution < 1.29 is 4.90 Å². The number of rotatable bonds is 4. The first-order chi connectivity index (χ1) is 11.0. The van der Waals surface area contributed by atoms with Crippen molar-refractivity contribution in [2.24, 2.45) is 0 Å². The van der Waals surface area contributed by atoms with Gasteiger partial charge in [0.25, 0.3) is 0 Å². The van der Waals surface area contributed by atoms with Crippen LogP contribution in [0, 0.1) is 11.8 Å². The Bertz CT molecular complexity index is 602. The minimum Gasteiger partial charge on any atom is -0.323 e. The lowest BCUT2D eigenvalue weighted by molar-refractivity contribution is -0.920. The van der Waals surface area contributed by atoms with E-state index in [0.29, 0.717) is 5.92 Å². The second-order valence-electron chi connectivity index (χ2n) is 7.14. The summed E-state index contributed by atoms with van der Waals surface area (Å²) >= 11 is 0. The van der Waals surface area contributed by atoms with E-state index in [1.165, 1.54) is 16.0 Å². The van der Waals surface area contributed by atoms with Gasteiger partial charge in [-0.15, -0.1) is 0 Å². The monoisotopic (exact) mass is 306 g/mol. The van der Waals surface area contributed by atoms with Gasteiger partial charge in [-0.2, -0.15) is 0 Å². The number of quaternary nitrogens is 1. The third kappa shape index (κ3) is 5.27. The van der Waals surface area contributed by atoms with Crippen molar-refractivity contribution in [3.8, 4) is 11.8 Å². The van der Waals surface area contributed by atoms with Crippen molar-refractivity contribution in [3.63, 3.8) is 0 Å². The zero-order valence-corrected chi connectivity index (χ0v) is 14.8. The molecule has 1 atom stereocenters. The quantitative estimate of drug-likeness (QED) is 0.824. The summed E-state index contributed by atoms with van der Waals surface area (Å²) in [5, 5.41) is 0. The third-order valence-electron chi connectivity index (χ3n) is 4.47. The molecule has 0 bridgehead atoms. The SMILES string of the molecule is C[NH+](CC#CCC(c1ccccc1)c1ccccc1)C(C)(C)C. The Morgan fingerprint density at radius 3 is 1.74 bits per heavy atom. The van der Waals surface area contributed by atoms with Gasteiger partial charge in [-0.3, -0.25) is 0 Å². The minimum atomic E-state index is 0.243. The number of benzene rings is 2. The van der Waals surface area contributed by atoms with E-state index in [1.807, 2.05) is 0 Å². The van der Waals surface area contributed by atoms with Crippen molar-refractivity contribution >= 4 is 0 Å². The van der Waals surface area contributed by atoms with E-state index in [1.54, 1.807) is 0 Å². The van der Waals surface area contributed by atoms with Crippen LogP contribution in [0.5, 0.6) is 0 Å². The summed E-state index contributed by atoms with van der Waals surface area (Å²) in [7, 11) is 2.21. The smallest absolute Gasteiger partial charge is 0.139 e. The highest BCUT2D eigenvalue weighted by atomic mass is 15.1. The van der Waals surface area contributed by atoms with E-state index >= 15 is 0 Å². The van der Waals surface area contributed by atoms with Crippen molar-refractivity contribution in [1.29, 1.82) is 0 Å². The third-order valence-corrected chi connectivity index (χ3v) is 4.47. The van der Waals surface area contributed by atoms with Gasteiger partial charge in [0, 0.05) is 12.3 Å². The van der Waals surface area contributed by atoms with Crippen LogP contribution in [-0.4, -0.2) is 19.1 Å². The topological polar surface area (TPSA) is 4.44 Å². The van der Waals surface area contributed by atoms with Gasteiger partial charge >= 0.3 is 0 Å². The molecular formula is C22H28N+. The largest absolute Gasteiger partial charge is 0.323 e. The Kier molecular flexibility index (Phi) is 6.02. The highest BCUT2D eigenvalue weighted by molar-refractivity contribution is 5.33. The van der Waals surface area contributed by atoms with Crippen molar-refractivity contribution in [3.05, 3.63) is 71.8 Å². The molecule has 1 N–H and O–H groups in total. The maximum Gasteiger partial charge on any atom is 0.139 e. The van der Waals surface area contributed by atoms with Crippen LogP contribution in [0.2, 0.25) is 0 Å². The van der Waals surface area contributed by atoms with Crippen molar-refractivity contribution in [2.75, 3.05) is 13.6 Å². The summed E-state index contributed by atoms with van der Waals surface area (Å²) in [6, 6.07) is 21.4. The van der Waals surface area contributed by atoms with E-state index in [2.05, 4.69) is 100 Å². The average molecular weight is 306 g/mol. The Labute approximate surface area is 141 Å². The maximum absolute atomic E-state index is 3.41. The summed E-state index contributed by atoms with van der Waals surface area (Å²) in [6.07, 6.45) is 0.867. The fraction of sp³-hybridized carbons (Fsp3) is 0.364. The van der Waals surface area contributed by atoms with Gasteiger partial charge in [-0.1, -0.05) is 66.6 Å². The van der Waals surface area contributed by atoms with Crippen LogP contribution in [-0.2, 0) is 0 Å². The first-order valence-electron chi connectivity index (χ1n) is 8.37. The van der Waals surface area contributed by atoms with E-state index in [0.717, 1.165) is 13.0 Å². The first-order valence-corrected chi connectivity index (χ1v) is 8.37. The zero-order chi connectivity index (χ0) is 16.7. The van der Waals surface area contributed by atoms with Gasteiger partial charge < -0.3 is 4.90 Å². The molecule has 2 aromatic rings. The number of hydrogen-bond donors (Lipinski definition) is 1. The van der Waals surface area contributed by atoms with E-state index in [9.17, 15) is 0 Å². The lowest BCUT2D eigenvalue weighted by atomic mass is 9.89. The first kappa shape index (κ1) is 17.3. The molecule has 0 spiro atoms. The van der Waals surface area contributed by atoms with Crippen LogP contribution < -0.4 is 4.90 Å². The molecule has 1 unspecified atom stereocenters. The second kappa shape index (κ2) is 7.99. The van der Waals surface area contributed by atoms with Crippen LogP contribution in [0.25, 0.3) is 0 Å². The maximum atomic E-state index is 3.41. The van der Waals surface area contributed by atoms with Gasteiger partial charge in [0.05, 0.1) is 12.6 Å². The van der Waals surface area contributed by atoms with Crippen LogP contribution in [0.4, 0.5) is 0 Å². The molecule has 0 saturated carbocycles. The van der Waals surface area contributed by atoms with Gasteiger partial charge in [-0.05, 0) is 37.8 Å². The predicted molar refractivity (Wildman–Crippen MR) is 98.6 cm³/mol. The van der Waals surface area contributed by atoms with Gasteiger partial charge in [-0.25, -0.2) is 0 Å². The Hall–Kier alpha value is -2.04. The molecule has 0 aromatic heterocycles. The molecule has 0 aliphatic rings. The minimum absolute atomic E-state index is 0.243. The second-order valence-corrected chi connectivity index (χ2v) is 7.14. The summed E-state index contributed by atoms with van der Waals surface area (Å²) < 4.78 is 0. The molecule has 0 fully saturated rings. The summed E-state index contributed by atoms with van der Waals surface area (Å²) in [6.45, 7) is 7.64. The van der Waals surface area contributed by atoms with Gasteiger partial charge in [0.1, 0.15) is 6.54 Å². The van der Waals surface area contributed by atoms with Gasteiger partial charge in [0.2, 0.25) is 0 Å². The van der Waals surface area contributed by atoms with Crippen LogP contribution in [0.1, 0.15) is 44.2 Å². The highest BCUT2D eigenvalue weighted by Gasteiger charge is 2.19. The Morgan fingerprint density at radius 2 is 1.30 bits per heavy atom. The molecule has 23 heavy (non-hydrogen) atoms. The van der Waals surface area contributed by atoms with Crippen molar-refractivity contribution in [1.82, 2.24) is 0 Å². The van der Waals surface area contributed by atoms with Crippen LogP contribution in [0.3, 0.4) is 0 Å². The summed E-state index contributed by atoms with van der Waals surface area (Å²) in [5.74, 6) is 7.14. The molecule has 0 saturated heterocycles. The fourth-order valence-electron chi connectivity index (χ4n) is 2.43. The molecular weight excluding hydrogens is 278 g/mol. The Morgan fingerprint density at radius 1 is 0.826 bits per heavy atom. The predicted octanol–water partition coefficient (Wildman–Crippen LogP) is 3.53. The van der Waals surface area contributed by atoms with E-state index in [-0.39, 0.29) is 5.54 Å². The molecule has 1 nitrogen and oxygen atoms in total. The lowest BCUT2D eigenvalue weighted by Crippen LogP contribution is -3.16. The molecule has 0 radical (unpaired) electrons. The summed E-state index contributed by atoms with van der Waals surface area (Å²) in [5.41, 5.74) is 2.92. The van der Waals surface area contributed by atoms with Crippen molar-refractivity contribution in [2.45, 2.75) is 38.6 Å². The molecule has 120 valence electrons. The number of nitrogens with one attached hydrogen (secondary N) is 1. The zero-order valence-electron chi connectivity index (χ0n) is 14.8. The molecule has 0 aliphatic carbocycles. The molecule has 0 amide bonds. The fourth-order valence-corrected chi connectivity index (χ4v) is 2.43. The van der Waals surface area contributed by atoms with Crippen LogP contribution in [0.15, 0.2) is 60.7 Å². The van der Waals surface area contributed by atoms with Gasteiger partial charge in [0.15, 0.2) is 0 Å². The molecule has 1 heteroatoms. The summed E-state index contributed by atoms with van der Waals surface area (Å²) in [4.78, 5) is 1.45. The van der Waals surface area contributed by atoms with Crippen LogP contribution >= 0.6 is 0 Å². The Balaban J connectivity index is 2.12. The average Bonchev–Trinajstić information content (AvgIpc) is 2.55. The van der Waals surface area contributed by atoms with E-state index < -0.39 is 0 Å². The lowest BCUT2D eigenvalue weighted by Gasteiger charge is -2.26. The highest BCUT2D eigenvalue weighted by Crippen LogP contribution is 2.27. The molecule has 2 aromatic carbocycles. The number of hydrogen-bond acceptors (Lipinski definition) is 0.